The quantitative estimate of drug-likeness (QED) is 0.706. The molecule has 1 aliphatic rings. The van der Waals surface area contributed by atoms with E-state index >= 15 is 0 Å². The maximum absolute atomic E-state index is 11.8. The Labute approximate surface area is 110 Å². The topological polar surface area (TPSA) is 121 Å². The third-order valence-electron chi connectivity index (χ3n) is 2.87. The molecule has 7 nitrogen and oxygen atoms in total. The second kappa shape index (κ2) is 4.71. The van der Waals surface area contributed by atoms with E-state index in [9.17, 15) is 23.4 Å². The average Bonchev–Trinajstić information content (AvgIpc) is 2.54. The number of carbonyl (C=O) groups excluding carboxylic acids is 1. The number of aromatic hydroxyl groups is 2. The van der Waals surface area contributed by atoms with E-state index in [1.54, 1.807) is 0 Å². The first-order chi connectivity index (χ1) is 8.74. The van der Waals surface area contributed by atoms with Gasteiger partial charge in [0.2, 0.25) is 15.9 Å². The molecule has 1 fully saturated rings. The molecule has 1 amide bonds. The number of rotatable bonds is 3. The summed E-state index contributed by atoms with van der Waals surface area (Å²) < 4.78 is 22.0. The molecule has 0 bridgehead atoms. The zero-order chi connectivity index (χ0) is 14.2. The molecule has 0 aliphatic carbocycles. The molecule has 1 aromatic rings. The van der Waals surface area contributed by atoms with Gasteiger partial charge in [-0.3, -0.25) is 4.79 Å². The van der Waals surface area contributed by atoms with Crippen molar-refractivity contribution in [3.8, 4) is 11.5 Å². The van der Waals surface area contributed by atoms with Crippen LogP contribution in [-0.2, 0) is 14.8 Å². The number of anilines is 1. The van der Waals surface area contributed by atoms with Crippen molar-refractivity contribution >= 4 is 21.6 Å². The second-order valence-electron chi connectivity index (χ2n) is 4.61. The van der Waals surface area contributed by atoms with Crippen molar-refractivity contribution in [1.29, 1.82) is 0 Å². The van der Waals surface area contributed by atoms with Gasteiger partial charge in [-0.25, -0.2) is 13.6 Å². The van der Waals surface area contributed by atoms with Gasteiger partial charge < -0.3 is 15.1 Å². The van der Waals surface area contributed by atoms with Crippen molar-refractivity contribution in [1.82, 2.24) is 0 Å². The molecule has 1 atom stereocenters. The SMILES string of the molecule is NS(=O)(=O)CC1CC(=O)N(c2cc(O)cc(O)c2)C1. The number of phenolic OH excluding ortho intramolecular Hbond substituents is 2. The van der Waals surface area contributed by atoms with E-state index in [0.29, 0.717) is 5.69 Å². The molecule has 1 saturated heterocycles. The van der Waals surface area contributed by atoms with Gasteiger partial charge in [-0.1, -0.05) is 0 Å². The highest BCUT2D eigenvalue weighted by Crippen LogP contribution is 2.31. The Kier molecular flexibility index (Phi) is 3.38. The fourth-order valence-corrected chi connectivity index (χ4v) is 3.09. The average molecular weight is 286 g/mol. The summed E-state index contributed by atoms with van der Waals surface area (Å²) in [5, 5.41) is 23.7. The van der Waals surface area contributed by atoms with Crippen molar-refractivity contribution in [2.24, 2.45) is 11.1 Å². The minimum absolute atomic E-state index is 0.0762. The van der Waals surface area contributed by atoms with Crippen LogP contribution in [0.3, 0.4) is 0 Å². The monoisotopic (exact) mass is 286 g/mol. The number of amides is 1. The summed E-state index contributed by atoms with van der Waals surface area (Å²) in [4.78, 5) is 13.1. The number of benzene rings is 1. The summed E-state index contributed by atoms with van der Waals surface area (Å²) in [6.07, 6.45) is 0.0762. The molecule has 0 spiro atoms. The third kappa shape index (κ3) is 3.36. The minimum Gasteiger partial charge on any atom is -0.508 e. The van der Waals surface area contributed by atoms with Gasteiger partial charge in [-0.2, -0.15) is 0 Å². The zero-order valence-corrected chi connectivity index (χ0v) is 10.8. The van der Waals surface area contributed by atoms with Gasteiger partial charge in [0, 0.05) is 37.1 Å². The number of nitrogens with zero attached hydrogens (tertiary/aromatic N) is 1. The molecule has 1 aliphatic heterocycles. The molecule has 4 N–H and O–H groups in total. The Balaban J connectivity index is 2.20. The van der Waals surface area contributed by atoms with Crippen molar-refractivity contribution < 1.29 is 23.4 Å². The van der Waals surface area contributed by atoms with Crippen LogP contribution in [0.15, 0.2) is 18.2 Å². The fraction of sp³-hybridized carbons (Fsp3) is 0.364. The maximum Gasteiger partial charge on any atom is 0.227 e. The van der Waals surface area contributed by atoms with E-state index in [1.165, 1.54) is 17.0 Å². The number of sulfonamides is 1. The summed E-state index contributed by atoms with van der Waals surface area (Å²) in [5.74, 6) is -1.25. The molecule has 0 radical (unpaired) electrons. The van der Waals surface area contributed by atoms with E-state index in [2.05, 4.69) is 0 Å². The normalized spacial score (nSPS) is 19.9. The maximum atomic E-state index is 11.8. The third-order valence-corrected chi connectivity index (χ3v) is 3.81. The molecule has 8 heteroatoms. The van der Waals surface area contributed by atoms with Gasteiger partial charge in [0.1, 0.15) is 11.5 Å². The van der Waals surface area contributed by atoms with Crippen molar-refractivity contribution in [3.63, 3.8) is 0 Å². The first-order valence-corrected chi connectivity index (χ1v) is 7.30. The molecule has 19 heavy (non-hydrogen) atoms. The Bertz CT molecular complexity index is 593. The summed E-state index contributed by atoms with van der Waals surface area (Å²) in [7, 11) is -3.63. The molecule has 1 heterocycles. The number of nitrogens with two attached hydrogens (primary N) is 1. The van der Waals surface area contributed by atoms with Gasteiger partial charge >= 0.3 is 0 Å². The zero-order valence-electron chi connectivity index (χ0n) is 9.98. The number of hydrogen-bond acceptors (Lipinski definition) is 5. The smallest absolute Gasteiger partial charge is 0.227 e. The second-order valence-corrected chi connectivity index (χ2v) is 6.27. The highest BCUT2D eigenvalue weighted by Gasteiger charge is 2.33. The van der Waals surface area contributed by atoms with E-state index in [4.69, 9.17) is 5.14 Å². The van der Waals surface area contributed by atoms with Crippen LogP contribution in [0.5, 0.6) is 11.5 Å². The molecule has 0 saturated carbocycles. The van der Waals surface area contributed by atoms with Gasteiger partial charge in [-0.15, -0.1) is 0 Å². The number of phenols is 2. The van der Waals surface area contributed by atoms with E-state index in [1.807, 2.05) is 0 Å². The highest BCUT2D eigenvalue weighted by molar-refractivity contribution is 7.89. The molecular formula is C11H14N2O5S. The molecule has 104 valence electrons. The van der Waals surface area contributed by atoms with Gasteiger partial charge in [0.15, 0.2) is 0 Å². The number of primary sulfonamides is 1. The fourth-order valence-electron chi connectivity index (χ4n) is 2.21. The lowest BCUT2D eigenvalue weighted by atomic mass is 10.1. The first kappa shape index (κ1) is 13.6. The largest absolute Gasteiger partial charge is 0.508 e. The Hall–Kier alpha value is -1.80. The lowest BCUT2D eigenvalue weighted by Gasteiger charge is -2.17. The van der Waals surface area contributed by atoms with E-state index < -0.39 is 10.0 Å². The number of hydrogen-bond donors (Lipinski definition) is 3. The van der Waals surface area contributed by atoms with Gasteiger partial charge in [0.05, 0.1) is 11.4 Å². The highest BCUT2D eigenvalue weighted by atomic mass is 32.2. The minimum atomic E-state index is -3.63. The molecule has 1 unspecified atom stereocenters. The van der Waals surface area contributed by atoms with Crippen molar-refractivity contribution in [2.75, 3.05) is 17.2 Å². The van der Waals surface area contributed by atoms with Crippen LogP contribution in [0, 0.1) is 5.92 Å². The molecule has 1 aromatic carbocycles. The Morgan fingerprint density at radius 3 is 2.37 bits per heavy atom. The van der Waals surface area contributed by atoms with Crippen LogP contribution in [0.2, 0.25) is 0 Å². The predicted molar refractivity (Wildman–Crippen MR) is 68.2 cm³/mol. The standard InChI is InChI=1S/C11H14N2O5S/c12-19(17,18)6-7-1-11(16)13(5-7)8-2-9(14)4-10(15)3-8/h2-4,7,14-15H,1,5-6H2,(H2,12,17,18). The molecular weight excluding hydrogens is 272 g/mol. The van der Waals surface area contributed by atoms with Crippen LogP contribution >= 0.6 is 0 Å². The van der Waals surface area contributed by atoms with E-state index in [0.717, 1.165) is 6.07 Å². The van der Waals surface area contributed by atoms with Crippen LogP contribution in [0.25, 0.3) is 0 Å². The van der Waals surface area contributed by atoms with E-state index in [-0.39, 0.29) is 42.0 Å². The Morgan fingerprint density at radius 2 is 1.84 bits per heavy atom. The number of carbonyl (C=O) groups is 1. The summed E-state index contributed by atoms with van der Waals surface area (Å²) in [6.45, 7) is 0.193. The van der Waals surface area contributed by atoms with Crippen LogP contribution in [0.4, 0.5) is 5.69 Å². The van der Waals surface area contributed by atoms with Crippen molar-refractivity contribution in [3.05, 3.63) is 18.2 Å². The predicted octanol–water partition coefficient (Wildman–Crippen LogP) is -0.261. The van der Waals surface area contributed by atoms with Crippen LogP contribution in [0.1, 0.15) is 6.42 Å². The van der Waals surface area contributed by atoms with Gasteiger partial charge in [-0.05, 0) is 0 Å². The van der Waals surface area contributed by atoms with Gasteiger partial charge in [0.25, 0.3) is 0 Å². The lowest BCUT2D eigenvalue weighted by molar-refractivity contribution is -0.117. The lowest BCUT2D eigenvalue weighted by Crippen LogP contribution is -2.27. The van der Waals surface area contributed by atoms with Crippen LogP contribution in [-0.4, -0.2) is 36.8 Å². The van der Waals surface area contributed by atoms with Crippen molar-refractivity contribution in [2.45, 2.75) is 6.42 Å². The summed E-state index contributed by atoms with van der Waals surface area (Å²) in [5.41, 5.74) is 0.333. The molecule has 0 aromatic heterocycles. The summed E-state index contributed by atoms with van der Waals surface area (Å²) >= 11 is 0. The first-order valence-electron chi connectivity index (χ1n) is 5.58. The molecule has 2 rings (SSSR count). The Morgan fingerprint density at radius 1 is 1.26 bits per heavy atom. The summed E-state index contributed by atoms with van der Waals surface area (Å²) in [6, 6.07) is 3.81. The van der Waals surface area contributed by atoms with Crippen LogP contribution < -0.4 is 10.0 Å².